The van der Waals surface area contributed by atoms with Crippen molar-refractivity contribution >= 4 is 45.6 Å². The molecule has 1 saturated carbocycles. The molecule has 0 amide bonds. The van der Waals surface area contributed by atoms with Crippen LogP contribution in [0, 0.1) is 0 Å². The van der Waals surface area contributed by atoms with Crippen LogP contribution in [0.25, 0.3) is 21.5 Å². The highest BCUT2D eigenvalue weighted by atomic mass is 35.5. The number of nitrogens with zero attached hydrogens (tertiary/aromatic N) is 6. The Morgan fingerprint density at radius 1 is 1.05 bits per heavy atom. The molecule has 9 nitrogen and oxygen atoms in total. The van der Waals surface area contributed by atoms with Gasteiger partial charge in [-0.25, -0.2) is 9.97 Å². The summed E-state index contributed by atoms with van der Waals surface area (Å²) in [5.74, 6) is 1.83. The number of thiophene rings is 1. The van der Waals surface area contributed by atoms with Gasteiger partial charge in [-0.2, -0.15) is 13.2 Å². The predicted molar refractivity (Wildman–Crippen MR) is 161 cm³/mol. The van der Waals surface area contributed by atoms with Crippen LogP contribution in [0.2, 0.25) is 0 Å². The number of halogens is 4. The number of anilines is 2. The zero-order valence-corrected chi connectivity index (χ0v) is 25.2. The smallest absolute Gasteiger partial charge is 0.393 e. The van der Waals surface area contributed by atoms with Gasteiger partial charge in [0.2, 0.25) is 0 Å². The second-order valence-electron chi connectivity index (χ2n) is 10.4. The van der Waals surface area contributed by atoms with Crippen molar-refractivity contribution in [3.8, 4) is 17.0 Å². The Morgan fingerprint density at radius 3 is 2.45 bits per heavy atom. The van der Waals surface area contributed by atoms with Crippen LogP contribution < -0.4 is 19.9 Å². The van der Waals surface area contributed by atoms with E-state index in [1.54, 1.807) is 7.11 Å². The monoisotopic (exact) mass is 623 g/mol. The molecule has 0 radical (unpaired) electrons. The average molecular weight is 624 g/mol. The van der Waals surface area contributed by atoms with Crippen molar-refractivity contribution in [1.82, 2.24) is 25.5 Å². The zero-order valence-electron chi connectivity index (χ0n) is 23.6. The van der Waals surface area contributed by atoms with E-state index < -0.39 is 18.7 Å². The molecule has 14 heteroatoms. The number of nitrogens with one attached hydrogen (secondary N) is 1. The van der Waals surface area contributed by atoms with Gasteiger partial charge in [-0.15, -0.1) is 33.9 Å². The summed E-state index contributed by atoms with van der Waals surface area (Å²) < 4.78 is 44.3. The van der Waals surface area contributed by atoms with Gasteiger partial charge >= 0.3 is 6.18 Å². The lowest BCUT2D eigenvalue weighted by atomic mass is 10.1. The van der Waals surface area contributed by atoms with Gasteiger partial charge < -0.3 is 25.0 Å². The molecule has 2 N–H and O–H groups in total. The molecular formula is C28H33ClF3N7O2S. The van der Waals surface area contributed by atoms with E-state index in [2.05, 4.69) is 25.5 Å². The summed E-state index contributed by atoms with van der Waals surface area (Å²) in [6.45, 7) is 0.617. The van der Waals surface area contributed by atoms with Crippen molar-refractivity contribution in [3.63, 3.8) is 0 Å². The van der Waals surface area contributed by atoms with E-state index in [0.29, 0.717) is 52.7 Å². The first kappa shape index (κ1) is 31.7. The van der Waals surface area contributed by atoms with E-state index in [1.807, 2.05) is 61.3 Å². The first-order valence-electron chi connectivity index (χ1n) is 13.1. The number of fused-ring (bicyclic) bond motifs is 1. The van der Waals surface area contributed by atoms with Crippen molar-refractivity contribution in [2.24, 2.45) is 0 Å². The first-order chi connectivity index (χ1) is 19.5. The summed E-state index contributed by atoms with van der Waals surface area (Å²) in [5, 5.41) is 23.6. The third kappa shape index (κ3) is 7.02. The fraction of sp³-hybridized carbons (Fsp3) is 0.429. The molecule has 0 spiro atoms. The average Bonchev–Trinajstić information content (AvgIpc) is 3.52. The van der Waals surface area contributed by atoms with Crippen molar-refractivity contribution in [2.75, 3.05) is 38.1 Å². The second kappa shape index (κ2) is 12.9. The maximum absolute atomic E-state index is 12.9. The highest BCUT2D eigenvalue weighted by Crippen LogP contribution is 2.36. The minimum Gasteiger partial charge on any atom is -0.493 e. The Balaban J connectivity index is 0.00000405. The van der Waals surface area contributed by atoms with Crippen molar-refractivity contribution in [3.05, 3.63) is 53.2 Å². The summed E-state index contributed by atoms with van der Waals surface area (Å²) in [5.41, 5.74) is 2.72. The molecule has 0 bridgehead atoms. The number of alkyl halides is 3. The summed E-state index contributed by atoms with van der Waals surface area (Å²) in [6.07, 6.45) is -3.33. The highest BCUT2D eigenvalue weighted by Gasteiger charge is 2.37. The van der Waals surface area contributed by atoms with E-state index in [9.17, 15) is 18.3 Å². The number of rotatable bonds is 9. The van der Waals surface area contributed by atoms with Gasteiger partial charge in [-0.1, -0.05) is 24.3 Å². The van der Waals surface area contributed by atoms with Crippen LogP contribution in [0.5, 0.6) is 5.75 Å². The third-order valence-electron chi connectivity index (χ3n) is 7.29. The molecule has 5 rings (SSSR count). The lowest BCUT2D eigenvalue weighted by Crippen LogP contribution is -2.38. The number of methoxy groups -OCH3 is 1. The third-order valence-corrected chi connectivity index (χ3v) is 8.33. The molecule has 3 atom stereocenters. The van der Waals surface area contributed by atoms with E-state index >= 15 is 0 Å². The minimum atomic E-state index is -4.29. The predicted octanol–water partition coefficient (Wildman–Crippen LogP) is 4.87. The maximum atomic E-state index is 12.9. The Bertz CT molecular complexity index is 1500. The SMILES string of the molecule is COc1cc(-c2ccc(CN[C@H]3C[C@@H](O)[C@@H](N(C)c4ncnc5sc(CC(F)(F)F)cc45)C3)cc2)nnc1N(C)C.Cl. The summed E-state index contributed by atoms with van der Waals surface area (Å²) >= 11 is 1.02. The Hall–Kier alpha value is -3.26. The standard InChI is InChI=1S/C28H32F3N7O2S.ClH/c1-37(2)26-24(40-4)12-21(35-36-26)17-7-5-16(6-8-17)14-32-18-9-22(23(39)10-18)38(3)25-20-11-19(13-28(29,30)31)41-27(20)34-15-33-25;/h5-8,11-12,15,18,22-23,32,39H,9-10,13-14H2,1-4H3;1H/t18-,22+,23-;/m1./s1. The Labute approximate surface area is 252 Å². The van der Waals surface area contributed by atoms with Gasteiger partial charge in [0.05, 0.1) is 36.8 Å². The maximum Gasteiger partial charge on any atom is 0.393 e. The zero-order chi connectivity index (χ0) is 29.3. The van der Waals surface area contributed by atoms with E-state index in [1.165, 1.54) is 12.4 Å². The molecule has 1 aromatic carbocycles. The van der Waals surface area contributed by atoms with Gasteiger partial charge in [0.15, 0.2) is 11.6 Å². The molecule has 3 heterocycles. The molecule has 3 aromatic heterocycles. The summed E-state index contributed by atoms with van der Waals surface area (Å²) in [4.78, 5) is 12.9. The molecular weight excluding hydrogens is 591 g/mol. The van der Waals surface area contributed by atoms with Crippen LogP contribution in [-0.2, 0) is 13.0 Å². The number of aliphatic hydroxyl groups excluding tert-OH is 1. The summed E-state index contributed by atoms with van der Waals surface area (Å²) in [7, 11) is 7.19. The molecule has 0 aliphatic heterocycles. The van der Waals surface area contributed by atoms with Crippen molar-refractivity contribution in [2.45, 2.75) is 50.2 Å². The quantitative estimate of drug-likeness (QED) is 0.271. The number of likely N-dealkylation sites (N-methyl/N-ethyl adjacent to an activating group) is 1. The Kier molecular flexibility index (Phi) is 9.76. The number of aromatic nitrogens is 4. The van der Waals surface area contributed by atoms with Crippen LogP contribution in [-0.4, -0.2) is 77.9 Å². The number of aliphatic hydroxyl groups is 1. The fourth-order valence-corrected chi connectivity index (χ4v) is 6.24. The van der Waals surface area contributed by atoms with Gasteiger partial charge in [0, 0.05) is 50.2 Å². The number of benzene rings is 1. The molecule has 1 aliphatic carbocycles. The van der Waals surface area contributed by atoms with E-state index in [4.69, 9.17) is 4.74 Å². The van der Waals surface area contributed by atoms with Crippen molar-refractivity contribution < 1.29 is 23.0 Å². The minimum absolute atomic E-state index is 0. The molecule has 0 unspecified atom stereocenters. The first-order valence-corrected chi connectivity index (χ1v) is 14.0. The lowest BCUT2D eigenvalue weighted by molar-refractivity contribution is -0.126. The fourth-order valence-electron chi connectivity index (χ4n) is 5.22. The lowest BCUT2D eigenvalue weighted by Gasteiger charge is -2.28. The van der Waals surface area contributed by atoms with E-state index in [-0.39, 0.29) is 29.4 Å². The molecule has 4 aromatic rings. The topological polar surface area (TPSA) is 99.5 Å². The van der Waals surface area contributed by atoms with Gasteiger partial charge in [0.1, 0.15) is 17.0 Å². The molecule has 1 fully saturated rings. The molecule has 42 heavy (non-hydrogen) atoms. The van der Waals surface area contributed by atoms with Crippen molar-refractivity contribution in [1.29, 1.82) is 0 Å². The Morgan fingerprint density at radius 2 is 1.79 bits per heavy atom. The normalized spacial score (nSPS) is 18.6. The van der Waals surface area contributed by atoms with Gasteiger partial charge in [-0.3, -0.25) is 0 Å². The molecule has 1 aliphatic rings. The number of ether oxygens (including phenoxy) is 1. The largest absolute Gasteiger partial charge is 0.493 e. The van der Waals surface area contributed by atoms with Crippen LogP contribution in [0.3, 0.4) is 0 Å². The summed E-state index contributed by atoms with van der Waals surface area (Å²) in [6, 6.07) is 11.2. The van der Waals surface area contributed by atoms with Crippen LogP contribution >= 0.6 is 23.7 Å². The van der Waals surface area contributed by atoms with Crippen LogP contribution in [0.15, 0.2) is 42.7 Å². The van der Waals surface area contributed by atoms with Gasteiger partial charge in [0.25, 0.3) is 0 Å². The van der Waals surface area contributed by atoms with E-state index in [0.717, 1.165) is 22.5 Å². The van der Waals surface area contributed by atoms with Gasteiger partial charge in [-0.05, 0) is 24.5 Å². The molecule has 226 valence electrons. The highest BCUT2D eigenvalue weighted by molar-refractivity contribution is 7.18. The molecule has 0 saturated heterocycles. The number of hydrogen-bond acceptors (Lipinski definition) is 10. The second-order valence-corrected chi connectivity index (χ2v) is 11.5. The van der Waals surface area contributed by atoms with Crippen LogP contribution in [0.1, 0.15) is 23.3 Å². The van der Waals surface area contributed by atoms with Crippen LogP contribution in [0.4, 0.5) is 24.8 Å². The number of hydrogen-bond donors (Lipinski definition) is 2.